The van der Waals surface area contributed by atoms with E-state index in [0.29, 0.717) is 5.41 Å². The zero-order valence-corrected chi connectivity index (χ0v) is 6.35. The third-order valence-electron chi connectivity index (χ3n) is 3.16. The lowest BCUT2D eigenvalue weighted by Gasteiger charge is -2.28. The monoisotopic (exact) mass is 123 g/mol. The molecule has 0 aliphatic heterocycles. The van der Waals surface area contributed by atoms with Gasteiger partial charge in [0.1, 0.15) is 0 Å². The van der Waals surface area contributed by atoms with Crippen molar-refractivity contribution in [2.24, 2.45) is 17.3 Å². The van der Waals surface area contributed by atoms with Crippen LogP contribution in [0, 0.1) is 23.7 Å². The first-order valence-electron chi connectivity index (χ1n) is 4.02. The van der Waals surface area contributed by atoms with E-state index in [1.165, 1.54) is 19.3 Å². The zero-order valence-electron chi connectivity index (χ0n) is 6.35. The van der Waals surface area contributed by atoms with Crippen LogP contribution >= 0.6 is 0 Å². The van der Waals surface area contributed by atoms with Crippen LogP contribution in [0.1, 0.15) is 33.1 Å². The van der Waals surface area contributed by atoms with E-state index in [1.807, 2.05) is 0 Å². The fourth-order valence-electron chi connectivity index (χ4n) is 2.61. The van der Waals surface area contributed by atoms with Crippen molar-refractivity contribution >= 4 is 0 Å². The van der Waals surface area contributed by atoms with Gasteiger partial charge in [0.05, 0.1) is 0 Å². The second kappa shape index (κ2) is 1.53. The molecule has 2 fully saturated rings. The maximum Gasteiger partial charge on any atom is -0.0320 e. The molecule has 2 aliphatic carbocycles. The van der Waals surface area contributed by atoms with Crippen molar-refractivity contribution in [2.45, 2.75) is 33.1 Å². The molecule has 0 heteroatoms. The van der Waals surface area contributed by atoms with Crippen molar-refractivity contribution in [1.82, 2.24) is 0 Å². The molecule has 2 atom stereocenters. The summed E-state index contributed by atoms with van der Waals surface area (Å²) in [5.74, 6) is 2.02. The highest BCUT2D eigenvalue weighted by Crippen LogP contribution is 2.54. The SMILES string of the molecule is CC1(C)CC2C[CH]C1C2. The smallest absolute Gasteiger partial charge is 0.0320 e. The predicted molar refractivity (Wildman–Crippen MR) is 38.9 cm³/mol. The molecule has 2 bridgehead atoms. The van der Waals surface area contributed by atoms with Gasteiger partial charge in [0.2, 0.25) is 0 Å². The average molecular weight is 123 g/mol. The Kier molecular flexibility index (Phi) is 0.980. The maximum absolute atomic E-state index is 2.54. The molecule has 2 saturated carbocycles. The van der Waals surface area contributed by atoms with Gasteiger partial charge in [-0.3, -0.25) is 0 Å². The van der Waals surface area contributed by atoms with Gasteiger partial charge in [-0.15, -0.1) is 0 Å². The topological polar surface area (TPSA) is 0 Å². The normalized spacial score (nSPS) is 46.0. The summed E-state index contributed by atoms with van der Waals surface area (Å²) in [6.07, 6.45) is 6.92. The second-order valence-corrected chi connectivity index (χ2v) is 4.37. The van der Waals surface area contributed by atoms with Gasteiger partial charge in [-0.1, -0.05) is 13.8 Å². The molecule has 2 unspecified atom stereocenters. The third-order valence-corrected chi connectivity index (χ3v) is 3.16. The number of hydrogen-bond acceptors (Lipinski definition) is 0. The van der Waals surface area contributed by atoms with Crippen LogP contribution < -0.4 is 0 Å². The summed E-state index contributed by atoms with van der Waals surface area (Å²) in [5, 5.41) is 0. The highest BCUT2D eigenvalue weighted by atomic mass is 14.5. The van der Waals surface area contributed by atoms with Crippen LogP contribution in [0.25, 0.3) is 0 Å². The fraction of sp³-hybridized carbons (Fsp3) is 0.889. The Labute approximate surface area is 57.6 Å². The van der Waals surface area contributed by atoms with Crippen molar-refractivity contribution in [3.8, 4) is 0 Å². The van der Waals surface area contributed by atoms with Crippen LogP contribution in [0.2, 0.25) is 0 Å². The first kappa shape index (κ1) is 5.76. The zero-order chi connectivity index (χ0) is 6.48. The van der Waals surface area contributed by atoms with Gasteiger partial charge in [0, 0.05) is 0 Å². The second-order valence-electron chi connectivity index (χ2n) is 4.37. The molecule has 0 saturated heterocycles. The standard InChI is InChI=1S/C9H15/c1-9(2)6-7-3-4-8(9)5-7/h4,7-8H,3,5-6H2,1-2H3. The van der Waals surface area contributed by atoms with Crippen LogP contribution in [-0.2, 0) is 0 Å². The van der Waals surface area contributed by atoms with Gasteiger partial charge < -0.3 is 0 Å². The van der Waals surface area contributed by atoms with E-state index in [0.717, 1.165) is 11.8 Å². The van der Waals surface area contributed by atoms with Crippen LogP contribution in [0.15, 0.2) is 0 Å². The molecule has 0 amide bonds. The summed E-state index contributed by atoms with van der Waals surface area (Å²) < 4.78 is 0. The molecule has 1 radical (unpaired) electrons. The van der Waals surface area contributed by atoms with Crippen LogP contribution in [-0.4, -0.2) is 0 Å². The average Bonchev–Trinajstić information content (AvgIpc) is 2.19. The molecule has 0 aromatic heterocycles. The Bertz CT molecular complexity index is 124. The Hall–Kier alpha value is 0. The summed E-state index contributed by atoms with van der Waals surface area (Å²) >= 11 is 0. The molecule has 0 N–H and O–H groups in total. The lowest BCUT2D eigenvalue weighted by atomic mass is 9.77. The first-order valence-corrected chi connectivity index (χ1v) is 4.02. The summed E-state index contributed by atoms with van der Waals surface area (Å²) in [7, 11) is 0. The quantitative estimate of drug-likeness (QED) is 0.464. The van der Waals surface area contributed by atoms with Crippen molar-refractivity contribution in [3.63, 3.8) is 0 Å². The Morgan fingerprint density at radius 2 is 2.22 bits per heavy atom. The summed E-state index contributed by atoms with van der Waals surface area (Å²) in [4.78, 5) is 0. The first-order chi connectivity index (χ1) is 4.18. The van der Waals surface area contributed by atoms with Gasteiger partial charge in [0.15, 0.2) is 0 Å². The molecule has 51 valence electrons. The van der Waals surface area contributed by atoms with Crippen molar-refractivity contribution in [1.29, 1.82) is 0 Å². The van der Waals surface area contributed by atoms with Crippen molar-refractivity contribution in [2.75, 3.05) is 0 Å². The minimum absolute atomic E-state index is 0.656. The van der Waals surface area contributed by atoms with Crippen molar-refractivity contribution in [3.05, 3.63) is 6.42 Å². The van der Waals surface area contributed by atoms with E-state index in [1.54, 1.807) is 0 Å². The number of fused-ring (bicyclic) bond motifs is 2. The number of rotatable bonds is 0. The van der Waals surface area contributed by atoms with E-state index in [2.05, 4.69) is 20.3 Å². The van der Waals surface area contributed by atoms with Gasteiger partial charge >= 0.3 is 0 Å². The molecule has 0 heterocycles. The lowest BCUT2D eigenvalue weighted by Crippen LogP contribution is -2.19. The Morgan fingerprint density at radius 3 is 2.44 bits per heavy atom. The molecular weight excluding hydrogens is 108 g/mol. The minimum Gasteiger partial charge on any atom is -0.0596 e. The van der Waals surface area contributed by atoms with E-state index in [9.17, 15) is 0 Å². The highest BCUT2D eigenvalue weighted by molar-refractivity contribution is 5.04. The van der Waals surface area contributed by atoms with Crippen LogP contribution in [0.4, 0.5) is 0 Å². The molecular formula is C9H15. The number of hydrogen-bond donors (Lipinski definition) is 0. The molecule has 0 aromatic rings. The Morgan fingerprint density at radius 1 is 1.44 bits per heavy atom. The predicted octanol–water partition coefficient (Wildman–Crippen LogP) is 2.65. The van der Waals surface area contributed by atoms with Crippen LogP contribution in [0.5, 0.6) is 0 Å². The van der Waals surface area contributed by atoms with E-state index < -0.39 is 0 Å². The maximum atomic E-state index is 2.54. The van der Waals surface area contributed by atoms with Crippen molar-refractivity contribution < 1.29 is 0 Å². The molecule has 0 spiro atoms. The minimum atomic E-state index is 0.656. The van der Waals surface area contributed by atoms with Gasteiger partial charge in [-0.2, -0.15) is 0 Å². The molecule has 0 aromatic carbocycles. The highest BCUT2D eigenvalue weighted by Gasteiger charge is 2.44. The molecule has 0 nitrogen and oxygen atoms in total. The third kappa shape index (κ3) is 0.720. The summed E-state index contributed by atoms with van der Waals surface area (Å²) in [6, 6.07) is 0. The largest absolute Gasteiger partial charge is 0.0596 e. The van der Waals surface area contributed by atoms with E-state index >= 15 is 0 Å². The summed E-state index contributed by atoms with van der Waals surface area (Å²) in [6.45, 7) is 4.82. The lowest BCUT2D eigenvalue weighted by molar-refractivity contribution is 0.262. The molecule has 9 heavy (non-hydrogen) atoms. The fourth-order valence-corrected chi connectivity index (χ4v) is 2.61. The van der Waals surface area contributed by atoms with Crippen LogP contribution in [0.3, 0.4) is 0 Å². The van der Waals surface area contributed by atoms with E-state index in [-0.39, 0.29) is 0 Å². The van der Waals surface area contributed by atoms with Gasteiger partial charge in [-0.25, -0.2) is 0 Å². The van der Waals surface area contributed by atoms with Gasteiger partial charge in [0.25, 0.3) is 0 Å². The summed E-state index contributed by atoms with van der Waals surface area (Å²) in [5.41, 5.74) is 0.656. The molecule has 2 rings (SSSR count). The van der Waals surface area contributed by atoms with Gasteiger partial charge in [-0.05, 0) is 42.9 Å². The Balaban J connectivity index is 2.18. The molecule has 2 aliphatic rings. The van der Waals surface area contributed by atoms with E-state index in [4.69, 9.17) is 0 Å².